The van der Waals surface area contributed by atoms with Gasteiger partial charge in [0, 0.05) is 19.2 Å². The topological polar surface area (TPSA) is 97.6 Å². The van der Waals surface area contributed by atoms with Crippen LogP contribution in [0.3, 0.4) is 0 Å². The van der Waals surface area contributed by atoms with Crippen LogP contribution in [-0.2, 0) is 4.74 Å². The lowest BCUT2D eigenvalue weighted by atomic mass is 10.2. The molecule has 140 valence electrons. The van der Waals surface area contributed by atoms with E-state index in [2.05, 4.69) is 10.3 Å². The quantitative estimate of drug-likeness (QED) is 0.647. The second-order valence-electron chi connectivity index (χ2n) is 7.35. The van der Waals surface area contributed by atoms with Crippen LogP contribution in [0.25, 0.3) is 10.2 Å². The van der Waals surface area contributed by atoms with E-state index in [1.807, 2.05) is 32.6 Å². The van der Waals surface area contributed by atoms with Crippen LogP contribution in [0.4, 0.5) is 16.2 Å². The van der Waals surface area contributed by atoms with Crippen molar-refractivity contribution < 1.29 is 14.5 Å². The molecule has 0 bridgehead atoms. The van der Waals surface area contributed by atoms with E-state index in [0.717, 1.165) is 9.71 Å². The van der Waals surface area contributed by atoms with Gasteiger partial charge in [-0.15, -0.1) is 11.3 Å². The Hall–Kier alpha value is -2.42. The number of nitrogens with zero attached hydrogens (tertiary/aromatic N) is 3. The molecule has 2 aromatic rings. The van der Waals surface area contributed by atoms with Crippen LogP contribution in [0.15, 0.2) is 12.1 Å². The summed E-state index contributed by atoms with van der Waals surface area (Å²) in [6.45, 7) is 8.40. The molecule has 8 nitrogen and oxygen atoms in total. The van der Waals surface area contributed by atoms with Crippen molar-refractivity contribution >= 4 is 39.0 Å². The molecule has 1 aromatic heterocycles. The number of aryl methyl sites for hydroxylation is 1. The first kappa shape index (κ1) is 18.4. The molecule has 1 aromatic carbocycles. The van der Waals surface area contributed by atoms with Crippen molar-refractivity contribution in [1.29, 1.82) is 0 Å². The van der Waals surface area contributed by atoms with Gasteiger partial charge in [-0.1, -0.05) is 0 Å². The third-order valence-corrected chi connectivity index (χ3v) is 4.98. The first-order valence-electron chi connectivity index (χ1n) is 8.43. The highest BCUT2D eigenvalue weighted by Crippen LogP contribution is 2.39. The van der Waals surface area contributed by atoms with E-state index in [9.17, 15) is 14.9 Å². The smallest absolute Gasteiger partial charge is 0.407 e. The van der Waals surface area contributed by atoms with Gasteiger partial charge in [-0.25, -0.2) is 9.78 Å². The summed E-state index contributed by atoms with van der Waals surface area (Å²) in [5.74, 6) is 0. The molecule has 0 aliphatic carbocycles. The second kappa shape index (κ2) is 6.71. The molecule has 0 spiro atoms. The molecule has 2 heterocycles. The van der Waals surface area contributed by atoms with Gasteiger partial charge in [0.25, 0.3) is 5.69 Å². The number of carbonyl (C=O) groups is 1. The van der Waals surface area contributed by atoms with Gasteiger partial charge < -0.3 is 15.0 Å². The Morgan fingerprint density at radius 3 is 2.85 bits per heavy atom. The summed E-state index contributed by atoms with van der Waals surface area (Å²) in [6.07, 6.45) is 0.220. The standard InChI is InChI=1S/C17H22N4O4S/c1-10-18-14-13(26-10)6-5-12(21(23)24)15(14)20-8-7-11(9-20)19-16(22)25-17(2,3)4/h5-6,11H,7-9H2,1-4H3,(H,19,22)/t11-/m0/s1. The maximum absolute atomic E-state index is 12.0. The zero-order valence-electron chi connectivity index (χ0n) is 15.2. The number of hydrogen-bond donors (Lipinski definition) is 1. The minimum Gasteiger partial charge on any atom is -0.444 e. The van der Waals surface area contributed by atoms with Crippen LogP contribution < -0.4 is 10.2 Å². The number of amides is 1. The summed E-state index contributed by atoms with van der Waals surface area (Å²) in [6, 6.07) is 3.15. The molecule has 1 fully saturated rings. The highest BCUT2D eigenvalue weighted by molar-refractivity contribution is 7.18. The number of fused-ring (bicyclic) bond motifs is 1. The number of nitro groups is 1. The molecule has 1 N–H and O–H groups in total. The lowest BCUT2D eigenvalue weighted by Gasteiger charge is -2.22. The largest absolute Gasteiger partial charge is 0.444 e. The molecular formula is C17H22N4O4S. The molecule has 1 saturated heterocycles. The fraction of sp³-hybridized carbons (Fsp3) is 0.529. The summed E-state index contributed by atoms with van der Waals surface area (Å²) in [5.41, 5.74) is 0.663. The van der Waals surface area contributed by atoms with Crippen LogP contribution >= 0.6 is 11.3 Å². The van der Waals surface area contributed by atoms with Crippen LogP contribution in [0.5, 0.6) is 0 Å². The number of hydrogen-bond acceptors (Lipinski definition) is 7. The van der Waals surface area contributed by atoms with Gasteiger partial charge >= 0.3 is 6.09 Å². The van der Waals surface area contributed by atoms with Gasteiger partial charge in [0.05, 0.1) is 20.7 Å². The molecule has 1 amide bonds. The van der Waals surface area contributed by atoms with Crippen LogP contribution in [0, 0.1) is 17.0 Å². The van der Waals surface area contributed by atoms with Gasteiger partial charge in [0.2, 0.25) is 0 Å². The summed E-state index contributed by atoms with van der Waals surface area (Å²) in [5, 5.41) is 15.2. The molecule has 1 aliphatic heterocycles. The van der Waals surface area contributed by atoms with Crippen molar-refractivity contribution in [3.05, 3.63) is 27.3 Å². The fourth-order valence-corrected chi connectivity index (χ4v) is 3.93. The Balaban J connectivity index is 1.83. The molecule has 0 radical (unpaired) electrons. The van der Waals surface area contributed by atoms with E-state index in [1.165, 1.54) is 17.4 Å². The third kappa shape index (κ3) is 3.87. The highest BCUT2D eigenvalue weighted by Gasteiger charge is 2.32. The van der Waals surface area contributed by atoms with Crippen LogP contribution in [-0.4, -0.2) is 40.7 Å². The number of alkyl carbamates (subject to hydrolysis) is 1. The predicted molar refractivity (Wildman–Crippen MR) is 101 cm³/mol. The van der Waals surface area contributed by atoms with Crippen molar-refractivity contribution in [3.8, 4) is 0 Å². The number of anilines is 1. The summed E-state index contributed by atoms with van der Waals surface area (Å²) in [4.78, 5) is 29.5. The number of nitrogens with one attached hydrogen (secondary N) is 1. The number of benzene rings is 1. The summed E-state index contributed by atoms with van der Waals surface area (Å²) < 4.78 is 6.21. The monoisotopic (exact) mass is 378 g/mol. The number of carbonyl (C=O) groups excluding carboxylic acids is 1. The molecule has 1 atom stereocenters. The van der Waals surface area contributed by atoms with E-state index in [4.69, 9.17) is 4.74 Å². The zero-order valence-corrected chi connectivity index (χ0v) is 16.1. The van der Waals surface area contributed by atoms with Gasteiger partial charge in [-0.05, 0) is 40.2 Å². The fourth-order valence-electron chi connectivity index (χ4n) is 3.09. The van der Waals surface area contributed by atoms with Crippen LogP contribution in [0.2, 0.25) is 0 Å². The average molecular weight is 378 g/mol. The summed E-state index contributed by atoms with van der Waals surface area (Å²) in [7, 11) is 0. The lowest BCUT2D eigenvalue weighted by molar-refractivity contribution is -0.384. The van der Waals surface area contributed by atoms with Crippen LogP contribution in [0.1, 0.15) is 32.2 Å². The van der Waals surface area contributed by atoms with Crippen molar-refractivity contribution in [3.63, 3.8) is 0 Å². The summed E-state index contributed by atoms with van der Waals surface area (Å²) >= 11 is 1.51. The number of ether oxygens (including phenoxy) is 1. The predicted octanol–water partition coefficient (Wildman–Crippen LogP) is 3.62. The molecule has 0 unspecified atom stereocenters. The van der Waals surface area contributed by atoms with E-state index in [-0.39, 0.29) is 16.7 Å². The Morgan fingerprint density at radius 1 is 1.46 bits per heavy atom. The van der Waals surface area contributed by atoms with Gasteiger partial charge in [-0.2, -0.15) is 0 Å². The lowest BCUT2D eigenvalue weighted by Crippen LogP contribution is -2.40. The zero-order chi connectivity index (χ0) is 19.1. The third-order valence-electron chi connectivity index (χ3n) is 4.04. The maximum Gasteiger partial charge on any atom is 0.407 e. The second-order valence-corrected chi connectivity index (χ2v) is 8.58. The number of rotatable bonds is 3. The molecule has 9 heteroatoms. The first-order chi connectivity index (χ1) is 12.1. The SMILES string of the molecule is Cc1nc2c(N3CC[C@H](NC(=O)OC(C)(C)C)C3)c([N+](=O)[O-])ccc2s1. The molecule has 1 aliphatic rings. The van der Waals surface area contributed by atoms with Crippen molar-refractivity contribution in [2.75, 3.05) is 18.0 Å². The van der Waals surface area contributed by atoms with E-state index < -0.39 is 11.7 Å². The van der Waals surface area contributed by atoms with Crippen molar-refractivity contribution in [2.24, 2.45) is 0 Å². The number of nitro benzene ring substituents is 1. The molecule has 0 saturated carbocycles. The molecule has 26 heavy (non-hydrogen) atoms. The average Bonchev–Trinajstić information content (AvgIpc) is 3.09. The van der Waals surface area contributed by atoms with Gasteiger partial charge in [0.1, 0.15) is 16.8 Å². The first-order valence-corrected chi connectivity index (χ1v) is 9.25. The molecular weight excluding hydrogens is 356 g/mol. The maximum atomic E-state index is 12.0. The Kier molecular flexibility index (Phi) is 4.74. The van der Waals surface area contributed by atoms with Crippen molar-refractivity contribution in [2.45, 2.75) is 45.8 Å². The van der Waals surface area contributed by atoms with E-state index >= 15 is 0 Å². The Labute approximate surface area is 155 Å². The normalized spacial score (nSPS) is 17.5. The van der Waals surface area contributed by atoms with Gasteiger partial charge in [0.15, 0.2) is 0 Å². The van der Waals surface area contributed by atoms with E-state index in [1.54, 1.807) is 6.07 Å². The Morgan fingerprint density at radius 2 is 2.19 bits per heavy atom. The van der Waals surface area contributed by atoms with E-state index in [0.29, 0.717) is 30.7 Å². The molecule has 3 rings (SSSR count). The number of thiazole rings is 1. The van der Waals surface area contributed by atoms with Gasteiger partial charge in [-0.3, -0.25) is 10.1 Å². The Bertz CT molecular complexity index is 858. The minimum atomic E-state index is -0.565. The number of aromatic nitrogens is 1. The minimum absolute atomic E-state index is 0.0423. The highest BCUT2D eigenvalue weighted by atomic mass is 32.1. The van der Waals surface area contributed by atoms with Crippen molar-refractivity contribution in [1.82, 2.24) is 10.3 Å².